The number of aromatic amines is 1. The lowest BCUT2D eigenvalue weighted by molar-refractivity contribution is -0.193. The van der Waals surface area contributed by atoms with Crippen molar-refractivity contribution < 1.29 is 46.1 Å². The van der Waals surface area contributed by atoms with Gasteiger partial charge < -0.3 is 15.1 Å². The number of H-pyrrole nitrogens is 1. The number of nitrogens with one attached hydrogen (secondary N) is 1. The minimum Gasteiger partial charge on any atom is -0.475 e. The highest BCUT2D eigenvalue weighted by molar-refractivity contribution is 7.09. The Kier molecular flexibility index (Phi) is 11.0. The number of carboxylic acids is 2. The number of carboxylic acid groups (broad SMARTS) is 2. The van der Waals surface area contributed by atoms with E-state index < -0.39 is 24.3 Å². The maximum absolute atomic E-state index is 10.6. The average molecular weight is 518 g/mol. The zero-order chi connectivity index (χ0) is 26.1. The summed E-state index contributed by atoms with van der Waals surface area (Å²) in [6, 6.07) is 0. The third-order valence-electron chi connectivity index (χ3n) is 4.46. The predicted molar refractivity (Wildman–Crippen MR) is 110 cm³/mol. The molecule has 192 valence electrons. The number of carbonyl (C=O) groups is 2. The minimum absolute atomic E-state index is 0.939. The van der Waals surface area contributed by atoms with Gasteiger partial charge in [-0.1, -0.05) is 0 Å². The largest absolute Gasteiger partial charge is 0.490 e. The van der Waals surface area contributed by atoms with Crippen LogP contribution in [0.15, 0.2) is 5.38 Å². The summed E-state index contributed by atoms with van der Waals surface area (Å²) in [5.74, 6) is -5.51. The van der Waals surface area contributed by atoms with E-state index in [9.17, 15) is 26.3 Å². The Morgan fingerprint density at radius 2 is 1.62 bits per heavy atom. The van der Waals surface area contributed by atoms with Gasteiger partial charge in [-0.15, -0.1) is 11.3 Å². The molecule has 0 aromatic carbocycles. The molecule has 0 saturated heterocycles. The van der Waals surface area contributed by atoms with Crippen LogP contribution in [0.25, 0.3) is 0 Å². The Morgan fingerprint density at radius 3 is 2.09 bits per heavy atom. The molecule has 2 aromatic rings. The van der Waals surface area contributed by atoms with E-state index in [1.165, 1.54) is 48.3 Å². The van der Waals surface area contributed by atoms with Gasteiger partial charge in [-0.25, -0.2) is 14.6 Å². The van der Waals surface area contributed by atoms with Gasteiger partial charge >= 0.3 is 24.3 Å². The average Bonchev–Trinajstić information content (AvgIpc) is 3.32. The first-order valence-electron chi connectivity index (χ1n) is 9.86. The highest BCUT2D eigenvalue weighted by Crippen LogP contribution is 2.23. The minimum atomic E-state index is -5.08. The summed E-state index contributed by atoms with van der Waals surface area (Å²) >= 11 is 1.73. The van der Waals surface area contributed by atoms with E-state index in [1.807, 2.05) is 0 Å². The molecule has 2 heterocycles. The van der Waals surface area contributed by atoms with Crippen LogP contribution in [0.3, 0.4) is 0 Å². The van der Waals surface area contributed by atoms with Gasteiger partial charge in [0.2, 0.25) is 0 Å². The van der Waals surface area contributed by atoms with Gasteiger partial charge in [0.25, 0.3) is 0 Å². The van der Waals surface area contributed by atoms with Gasteiger partial charge in [0.05, 0.1) is 16.4 Å². The molecule has 0 fully saturated rings. The number of aromatic nitrogens is 3. The van der Waals surface area contributed by atoms with Crippen molar-refractivity contribution in [1.29, 1.82) is 0 Å². The Bertz CT molecular complexity index is 918. The standard InChI is InChI=1S/C15H22N4S.2C2HF3O2/c1-11-16-12(10-20-11)7-8-19(2)9-15-13-5-3-4-6-14(13)17-18-15;2*3-2(4,5)1(6)7/h10H,3-9H2,1-2H3,(H,17,18);2*(H,6,7). The van der Waals surface area contributed by atoms with Gasteiger partial charge in [-0.2, -0.15) is 31.4 Å². The molecule has 1 aliphatic rings. The SMILES string of the molecule is Cc1nc(CCN(C)Cc2n[nH]c3c2CCCC3)cs1.O=C(O)C(F)(F)F.O=C(O)C(F)(F)F. The molecule has 34 heavy (non-hydrogen) atoms. The number of halogens is 6. The topological polar surface area (TPSA) is 119 Å². The van der Waals surface area contributed by atoms with E-state index >= 15 is 0 Å². The number of alkyl halides is 6. The fraction of sp³-hybridized carbons (Fsp3) is 0.579. The lowest BCUT2D eigenvalue weighted by Gasteiger charge is -2.17. The summed E-state index contributed by atoms with van der Waals surface area (Å²) in [6.07, 6.45) is -4.17. The number of aryl methyl sites for hydroxylation is 2. The number of likely N-dealkylation sites (N-methyl/N-ethyl adjacent to an activating group) is 1. The number of hydrogen-bond acceptors (Lipinski definition) is 6. The number of thiazole rings is 1. The fourth-order valence-corrected chi connectivity index (χ4v) is 3.49. The smallest absolute Gasteiger partial charge is 0.475 e. The monoisotopic (exact) mass is 518 g/mol. The van der Waals surface area contributed by atoms with Crippen LogP contribution in [0.1, 0.15) is 40.5 Å². The summed E-state index contributed by atoms with van der Waals surface area (Å²) in [5.41, 5.74) is 5.31. The van der Waals surface area contributed by atoms with Crippen molar-refractivity contribution in [2.75, 3.05) is 13.6 Å². The van der Waals surface area contributed by atoms with Gasteiger partial charge in [-0.3, -0.25) is 5.10 Å². The van der Waals surface area contributed by atoms with Crippen LogP contribution >= 0.6 is 11.3 Å². The first-order valence-corrected chi connectivity index (χ1v) is 10.7. The van der Waals surface area contributed by atoms with Crippen LogP contribution in [-0.2, 0) is 35.4 Å². The second-order valence-corrected chi connectivity index (χ2v) is 8.35. The molecule has 3 N–H and O–H groups in total. The van der Waals surface area contributed by atoms with Crippen molar-refractivity contribution in [3.8, 4) is 0 Å². The van der Waals surface area contributed by atoms with Gasteiger partial charge in [0.15, 0.2) is 0 Å². The van der Waals surface area contributed by atoms with Crippen LogP contribution in [0.4, 0.5) is 26.3 Å². The van der Waals surface area contributed by atoms with Crippen LogP contribution < -0.4 is 0 Å². The molecular weight excluding hydrogens is 494 g/mol. The molecular formula is C19H24F6N4O4S. The molecule has 0 unspecified atom stereocenters. The van der Waals surface area contributed by atoms with Gasteiger partial charge in [0.1, 0.15) is 0 Å². The molecule has 0 bridgehead atoms. The zero-order valence-corrected chi connectivity index (χ0v) is 19.1. The maximum atomic E-state index is 10.6. The van der Waals surface area contributed by atoms with Gasteiger partial charge in [0, 0.05) is 30.6 Å². The summed E-state index contributed by atoms with van der Waals surface area (Å²) in [6.45, 7) is 4.04. The molecule has 15 heteroatoms. The lowest BCUT2D eigenvalue weighted by atomic mass is 9.96. The van der Waals surface area contributed by atoms with Crippen molar-refractivity contribution in [1.82, 2.24) is 20.1 Å². The Labute approximate surface area is 194 Å². The zero-order valence-electron chi connectivity index (χ0n) is 18.3. The second kappa shape index (κ2) is 12.7. The second-order valence-electron chi connectivity index (χ2n) is 7.29. The molecule has 1 aliphatic carbocycles. The van der Waals surface area contributed by atoms with E-state index in [1.54, 1.807) is 11.3 Å². The van der Waals surface area contributed by atoms with Crippen LogP contribution in [0, 0.1) is 6.92 Å². The molecule has 3 rings (SSSR count). The van der Waals surface area contributed by atoms with Crippen molar-refractivity contribution in [3.05, 3.63) is 33.0 Å². The first kappa shape index (κ1) is 29.4. The third-order valence-corrected chi connectivity index (χ3v) is 5.29. The summed E-state index contributed by atoms with van der Waals surface area (Å²) < 4.78 is 63.5. The Hall–Kier alpha value is -2.68. The highest BCUT2D eigenvalue weighted by Gasteiger charge is 2.38. The van der Waals surface area contributed by atoms with Crippen molar-refractivity contribution >= 4 is 23.3 Å². The van der Waals surface area contributed by atoms with E-state index in [-0.39, 0.29) is 0 Å². The molecule has 8 nitrogen and oxygen atoms in total. The predicted octanol–water partition coefficient (Wildman–Crippen LogP) is 3.99. The number of aliphatic carboxylic acids is 2. The first-order chi connectivity index (χ1) is 15.6. The summed E-state index contributed by atoms with van der Waals surface area (Å²) in [7, 11) is 2.17. The maximum Gasteiger partial charge on any atom is 0.490 e. The number of nitrogens with zero attached hydrogens (tertiary/aromatic N) is 3. The number of hydrogen-bond donors (Lipinski definition) is 3. The Morgan fingerprint density at radius 1 is 1.09 bits per heavy atom. The number of fused-ring (bicyclic) bond motifs is 1. The summed E-state index contributed by atoms with van der Waals surface area (Å²) in [4.78, 5) is 24.7. The number of rotatable bonds is 5. The van der Waals surface area contributed by atoms with Crippen LogP contribution in [0.2, 0.25) is 0 Å². The van der Waals surface area contributed by atoms with E-state index in [0.717, 1.165) is 24.5 Å². The van der Waals surface area contributed by atoms with E-state index in [0.29, 0.717) is 0 Å². The molecule has 0 aliphatic heterocycles. The van der Waals surface area contributed by atoms with Gasteiger partial charge in [-0.05, 0) is 45.2 Å². The highest BCUT2D eigenvalue weighted by atomic mass is 32.1. The molecule has 0 saturated carbocycles. The molecule has 0 spiro atoms. The Balaban J connectivity index is 0.000000343. The summed E-state index contributed by atoms with van der Waals surface area (Å²) in [5, 5.41) is 25.3. The van der Waals surface area contributed by atoms with Crippen molar-refractivity contribution in [2.45, 2.75) is 57.9 Å². The van der Waals surface area contributed by atoms with Crippen molar-refractivity contribution in [3.63, 3.8) is 0 Å². The van der Waals surface area contributed by atoms with Crippen molar-refractivity contribution in [2.24, 2.45) is 0 Å². The molecule has 0 atom stereocenters. The normalized spacial score (nSPS) is 13.3. The molecule has 0 amide bonds. The third kappa shape index (κ3) is 10.5. The molecule has 2 aromatic heterocycles. The van der Waals surface area contributed by atoms with Crippen LogP contribution in [-0.4, -0.2) is 68.2 Å². The van der Waals surface area contributed by atoms with Crippen LogP contribution in [0.5, 0.6) is 0 Å². The quantitative estimate of drug-likeness (QED) is 0.512. The van der Waals surface area contributed by atoms with E-state index in [4.69, 9.17) is 19.8 Å². The lowest BCUT2D eigenvalue weighted by Crippen LogP contribution is -2.22. The fourth-order valence-electron chi connectivity index (χ4n) is 2.84. The molecule has 0 radical (unpaired) electrons. The van der Waals surface area contributed by atoms with E-state index in [2.05, 4.69) is 39.4 Å².